The highest BCUT2D eigenvalue weighted by Crippen LogP contribution is 2.29. The molecule has 142 valence electrons. The predicted octanol–water partition coefficient (Wildman–Crippen LogP) is 4.42. The summed E-state index contributed by atoms with van der Waals surface area (Å²) in [6, 6.07) is 17.2. The number of fused-ring (bicyclic) bond motifs is 2. The number of carbonyl (C=O) groups is 1. The highest BCUT2D eigenvalue weighted by Gasteiger charge is 2.18. The number of imidazole rings is 1. The molecule has 0 bridgehead atoms. The van der Waals surface area contributed by atoms with Gasteiger partial charge in [0.15, 0.2) is 0 Å². The van der Waals surface area contributed by atoms with Gasteiger partial charge in [-0.1, -0.05) is 30.3 Å². The van der Waals surface area contributed by atoms with Crippen LogP contribution in [0.25, 0.3) is 33.2 Å². The Morgan fingerprint density at radius 3 is 2.62 bits per heavy atom. The van der Waals surface area contributed by atoms with Gasteiger partial charge in [0, 0.05) is 23.3 Å². The SMILES string of the molecule is CC(OC(=O)c1nc2cc3c(-c4ccncc4)n[nH]c3cc2[nH]1)c1ccccc1. The number of pyridine rings is 1. The lowest BCUT2D eigenvalue weighted by molar-refractivity contribution is 0.0325. The van der Waals surface area contributed by atoms with Gasteiger partial charge in [-0.25, -0.2) is 9.78 Å². The number of benzene rings is 2. The molecular formula is C22H17N5O2. The number of esters is 1. The van der Waals surface area contributed by atoms with E-state index in [0.29, 0.717) is 5.52 Å². The van der Waals surface area contributed by atoms with Crippen LogP contribution < -0.4 is 0 Å². The number of hydrogen-bond donors (Lipinski definition) is 2. The third kappa shape index (κ3) is 3.12. The smallest absolute Gasteiger partial charge is 0.374 e. The number of aromatic nitrogens is 5. The Kier molecular flexibility index (Phi) is 4.05. The lowest BCUT2D eigenvalue weighted by Gasteiger charge is -2.12. The highest BCUT2D eigenvalue weighted by molar-refractivity contribution is 6.01. The topological polar surface area (TPSA) is 96.5 Å². The molecule has 1 atom stereocenters. The van der Waals surface area contributed by atoms with E-state index in [0.717, 1.165) is 33.2 Å². The van der Waals surface area contributed by atoms with E-state index < -0.39 is 5.97 Å². The first-order chi connectivity index (χ1) is 14.2. The zero-order valence-electron chi connectivity index (χ0n) is 15.6. The van der Waals surface area contributed by atoms with E-state index in [1.54, 1.807) is 12.4 Å². The van der Waals surface area contributed by atoms with E-state index in [1.165, 1.54) is 0 Å². The largest absolute Gasteiger partial charge is 0.452 e. The van der Waals surface area contributed by atoms with E-state index >= 15 is 0 Å². The molecule has 29 heavy (non-hydrogen) atoms. The number of nitrogens with zero attached hydrogens (tertiary/aromatic N) is 3. The van der Waals surface area contributed by atoms with Gasteiger partial charge in [0.05, 0.1) is 16.6 Å². The molecule has 7 nitrogen and oxygen atoms in total. The molecule has 1 unspecified atom stereocenters. The van der Waals surface area contributed by atoms with Gasteiger partial charge in [-0.3, -0.25) is 10.1 Å². The predicted molar refractivity (Wildman–Crippen MR) is 109 cm³/mol. The summed E-state index contributed by atoms with van der Waals surface area (Å²) >= 11 is 0. The molecule has 0 amide bonds. The quantitative estimate of drug-likeness (QED) is 0.448. The van der Waals surface area contributed by atoms with Crippen LogP contribution in [0.15, 0.2) is 67.0 Å². The Morgan fingerprint density at radius 1 is 1.03 bits per heavy atom. The molecule has 0 radical (unpaired) electrons. The average Bonchev–Trinajstić information content (AvgIpc) is 3.36. The molecule has 5 rings (SSSR count). The first-order valence-electron chi connectivity index (χ1n) is 9.23. The standard InChI is InChI=1S/C22H17N5O2/c1-13(14-5-3-2-4-6-14)29-22(28)21-24-18-11-16-17(12-19(18)25-21)26-27-20(16)15-7-9-23-10-8-15/h2-13H,1H3,(H,24,25)(H,26,27). The van der Waals surface area contributed by atoms with Gasteiger partial charge in [0.2, 0.25) is 5.82 Å². The number of hydrogen-bond acceptors (Lipinski definition) is 5. The maximum Gasteiger partial charge on any atom is 0.374 e. The summed E-state index contributed by atoms with van der Waals surface area (Å²) in [5.41, 5.74) is 4.96. The summed E-state index contributed by atoms with van der Waals surface area (Å²) in [6.45, 7) is 1.84. The van der Waals surface area contributed by atoms with Crippen molar-refractivity contribution in [3.63, 3.8) is 0 Å². The van der Waals surface area contributed by atoms with Crippen molar-refractivity contribution in [3.05, 3.63) is 78.4 Å². The minimum Gasteiger partial charge on any atom is -0.452 e. The number of aromatic amines is 2. The van der Waals surface area contributed by atoms with Gasteiger partial charge in [-0.2, -0.15) is 5.10 Å². The molecule has 0 aliphatic carbocycles. The molecule has 2 N–H and O–H groups in total. The van der Waals surface area contributed by atoms with Gasteiger partial charge in [-0.05, 0) is 36.8 Å². The van der Waals surface area contributed by atoms with Crippen molar-refractivity contribution in [2.45, 2.75) is 13.0 Å². The van der Waals surface area contributed by atoms with Crippen molar-refractivity contribution in [1.29, 1.82) is 0 Å². The fourth-order valence-electron chi connectivity index (χ4n) is 3.36. The first-order valence-corrected chi connectivity index (χ1v) is 9.23. The Labute approximate surface area is 165 Å². The molecule has 0 spiro atoms. The summed E-state index contributed by atoms with van der Waals surface area (Å²) in [4.78, 5) is 24.1. The molecule has 0 aliphatic heterocycles. The molecule has 0 saturated heterocycles. The van der Waals surface area contributed by atoms with Crippen molar-refractivity contribution in [1.82, 2.24) is 25.1 Å². The van der Waals surface area contributed by atoms with Crippen LogP contribution in [0.5, 0.6) is 0 Å². The number of rotatable bonds is 4. The van der Waals surface area contributed by atoms with Gasteiger partial charge in [-0.15, -0.1) is 0 Å². The summed E-state index contributed by atoms with van der Waals surface area (Å²) in [6.07, 6.45) is 3.09. The molecule has 7 heteroatoms. The maximum atomic E-state index is 12.6. The number of ether oxygens (including phenoxy) is 1. The molecule has 0 aliphatic rings. The van der Waals surface area contributed by atoms with E-state index in [1.807, 2.05) is 61.5 Å². The van der Waals surface area contributed by atoms with Crippen LogP contribution in [-0.2, 0) is 4.74 Å². The average molecular weight is 383 g/mol. The fourth-order valence-corrected chi connectivity index (χ4v) is 3.36. The second-order valence-electron chi connectivity index (χ2n) is 6.77. The lowest BCUT2D eigenvalue weighted by atomic mass is 10.1. The highest BCUT2D eigenvalue weighted by atomic mass is 16.5. The number of nitrogens with one attached hydrogen (secondary N) is 2. The van der Waals surface area contributed by atoms with Crippen LogP contribution in [0.3, 0.4) is 0 Å². The number of carbonyl (C=O) groups excluding carboxylic acids is 1. The minimum atomic E-state index is -0.492. The molecule has 0 fully saturated rings. The van der Waals surface area contributed by atoms with Gasteiger partial charge in [0.1, 0.15) is 11.8 Å². The van der Waals surface area contributed by atoms with E-state index in [-0.39, 0.29) is 11.9 Å². The normalized spacial score (nSPS) is 12.3. The molecular weight excluding hydrogens is 366 g/mol. The number of H-pyrrole nitrogens is 2. The molecule has 2 aromatic carbocycles. The van der Waals surface area contributed by atoms with Crippen molar-refractivity contribution >= 4 is 27.9 Å². The molecule has 3 aromatic heterocycles. The van der Waals surface area contributed by atoms with Crippen molar-refractivity contribution < 1.29 is 9.53 Å². The Bertz CT molecular complexity index is 1310. The third-order valence-electron chi connectivity index (χ3n) is 4.86. The van der Waals surface area contributed by atoms with Crippen LogP contribution >= 0.6 is 0 Å². The van der Waals surface area contributed by atoms with E-state index in [9.17, 15) is 4.79 Å². The second kappa shape index (κ2) is 6.87. The summed E-state index contributed by atoms with van der Waals surface area (Å²) in [7, 11) is 0. The van der Waals surface area contributed by atoms with Crippen LogP contribution in [0.4, 0.5) is 0 Å². The molecule has 0 saturated carbocycles. The molecule has 5 aromatic rings. The Balaban J connectivity index is 1.48. The van der Waals surface area contributed by atoms with Gasteiger partial charge in [0.25, 0.3) is 0 Å². The van der Waals surface area contributed by atoms with Gasteiger partial charge < -0.3 is 9.72 Å². The van der Waals surface area contributed by atoms with Crippen LogP contribution in [0, 0.1) is 0 Å². The zero-order valence-corrected chi connectivity index (χ0v) is 15.6. The van der Waals surface area contributed by atoms with Crippen molar-refractivity contribution in [3.8, 4) is 11.3 Å². The monoisotopic (exact) mass is 383 g/mol. The summed E-state index contributed by atoms with van der Waals surface area (Å²) in [5.74, 6) is -0.317. The van der Waals surface area contributed by atoms with Crippen molar-refractivity contribution in [2.75, 3.05) is 0 Å². The van der Waals surface area contributed by atoms with E-state index in [2.05, 4.69) is 25.1 Å². The summed E-state index contributed by atoms with van der Waals surface area (Å²) < 4.78 is 5.56. The third-order valence-corrected chi connectivity index (χ3v) is 4.86. The van der Waals surface area contributed by atoms with Gasteiger partial charge >= 0.3 is 5.97 Å². The minimum absolute atomic E-state index is 0.175. The van der Waals surface area contributed by atoms with Crippen LogP contribution in [-0.4, -0.2) is 31.1 Å². The Morgan fingerprint density at radius 2 is 1.83 bits per heavy atom. The second-order valence-corrected chi connectivity index (χ2v) is 6.77. The summed E-state index contributed by atoms with van der Waals surface area (Å²) in [5, 5.41) is 8.37. The maximum absolute atomic E-state index is 12.6. The fraction of sp³-hybridized carbons (Fsp3) is 0.0909. The lowest BCUT2D eigenvalue weighted by Crippen LogP contribution is -2.10. The zero-order chi connectivity index (χ0) is 19.8. The van der Waals surface area contributed by atoms with Crippen LogP contribution in [0.2, 0.25) is 0 Å². The van der Waals surface area contributed by atoms with Crippen molar-refractivity contribution in [2.24, 2.45) is 0 Å². The van der Waals surface area contributed by atoms with E-state index in [4.69, 9.17) is 4.74 Å². The van der Waals surface area contributed by atoms with Crippen LogP contribution in [0.1, 0.15) is 29.2 Å². The molecule has 3 heterocycles. The first kappa shape index (κ1) is 17.1. The Hall–Kier alpha value is -4.00.